The van der Waals surface area contributed by atoms with Crippen molar-refractivity contribution in [1.29, 1.82) is 0 Å². The largest absolute Gasteiger partial charge is 0.488 e. The zero-order valence-electron chi connectivity index (χ0n) is 14.4. The van der Waals surface area contributed by atoms with Crippen LogP contribution in [0.15, 0.2) is 56.5 Å². The van der Waals surface area contributed by atoms with Crippen molar-refractivity contribution in [3.8, 4) is 17.3 Å². The van der Waals surface area contributed by atoms with Crippen molar-refractivity contribution < 1.29 is 22.1 Å². The van der Waals surface area contributed by atoms with Crippen molar-refractivity contribution in [2.45, 2.75) is 25.0 Å². The lowest BCUT2D eigenvalue weighted by Gasteiger charge is -2.37. The number of hydrogen-bond donors (Lipinski definition) is 0. The standard InChI is InChI=1S/C18H18N2O5S/c1-12-13(2)19-25-18(12)16-8-9-17(24-16)26(21,22)20-10-15(11-20)23-14-6-4-3-5-7-14/h3-9,15H,10-11H2,1-2H3. The van der Waals surface area contributed by atoms with Crippen LogP contribution in [0.1, 0.15) is 11.3 Å². The van der Waals surface area contributed by atoms with Gasteiger partial charge in [-0.05, 0) is 38.1 Å². The molecule has 26 heavy (non-hydrogen) atoms. The van der Waals surface area contributed by atoms with E-state index in [1.165, 1.54) is 10.4 Å². The molecule has 3 heterocycles. The number of ether oxygens (including phenoxy) is 1. The maximum Gasteiger partial charge on any atom is 0.276 e. The van der Waals surface area contributed by atoms with Gasteiger partial charge in [-0.15, -0.1) is 0 Å². The zero-order chi connectivity index (χ0) is 18.3. The van der Waals surface area contributed by atoms with Crippen LogP contribution in [-0.2, 0) is 10.0 Å². The molecule has 0 N–H and O–H groups in total. The lowest BCUT2D eigenvalue weighted by Crippen LogP contribution is -2.55. The molecule has 2 aromatic heterocycles. The van der Waals surface area contributed by atoms with Gasteiger partial charge in [0.25, 0.3) is 10.0 Å². The van der Waals surface area contributed by atoms with Gasteiger partial charge >= 0.3 is 0 Å². The first-order valence-corrected chi connectivity index (χ1v) is 9.64. The molecule has 8 heteroatoms. The van der Waals surface area contributed by atoms with Crippen molar-refractivity contribution in [2.75, 3.05) is 13.1 Å². The second-order valence-electron chi connectivity index (χ2n) is 6.22. The van der Waals surface area contributed by atoms with Crippen LogP contribution >= 0.6 is 0 Å². The third-order valence-electron chi connectivity index (χ3n) is 4.42. The SMILES string of the molecule is Cc1noc(-c2ccc(S(=O)(=O)N3CC(Oc4ccccc4)C3)o2)c1C. The smallest absolute Gasteiger partial charge is 0.276 e. The van der Waals surface area contributed by atoms with E-state index < -0.39 is 10.0 Å². The van der Waals surface area contributed by atoms with Crippen LogP contribution < -0.4 is 4.74 Å². The summed E-state index contributed by atoms with van der Waals surface area (Å²) in [6.45, 7) is 4.23. The number of aromatic nitrogens is 1. The second-order valence-corrected chi connectivity index (χ2v) is 8.08. The van der Waals surface area contributed by atoms with Crippen molar-refractivity contribution in [3.63, 3.8) is 0 Å². The number of rotatable bonds is 5. The minimum atomic E-state index is -3.70. The fourth-order valence-electron chi connectivity index (χ4n) is 2.72. The highest BCUT2D eigenvalue weighted by atomic mass is 32.2. The molecule has 1 saturated heterocycles. The summed E-state index contributed by atoms with van der Waals surface area (Å²) in [6, 6.07) is 12.4. The molecule has 0 aliphatic carbocycles. The van der Waals surface area contributed by atoms with E-state index in [0.717, 1.165) is 17.0 Å². The van der Waals surface area contributed by atoms with Crippen LogP contribution in [0.4, 0.5) is 0 Å². The van der Waals surface area contributed by atoms with Crippen molar-refractivity contribution in [1.82, 2.24) is 9.46 Å². The monoisotopic (exact) mass is 374 g/mol. The number of hydrogen-bond acceptors (Lipinski definition) is 6. The third kappa shape index (κ3) is 2.91. The maximum atomic E-state index is 12.7. The highest BCUT2D eigenvalue weighted by molar-refractivity contribution is 7.89. The van der Waals surface area contributed by atoms with Crippen LogP contribution in [0.25, 0.3) is 11.5 Å². The Kier molecular flexibility index (Phi) is 4.08. The van der Waals surface area contributed by atoms with Gasteiger partial charge in [0.2, 0.25) is 10.9 Å². The average Bonchev–Trinajstić information content (AvgIpc) is 3.20. The van der Waals surface area contributed by atoms with Crippen molar-refractivity contribution in [2.24, 2.45) is 0 Å². The molecule has 0 spiro atoms. The van der Waals surface area contributed by atoms with E-state index in [1.54, 1.807) is 6.07 Å². The summed E-state index contributed by atoms with van der Waals surface area (Å²) >= 11 is 0. The molecule has 4 rings (SSSR count). The zero-order valence-corrected chi connectivity index (χ0v) is 15.2. The highest BCUT2D eigenvalue weighted by Crippen LogP contribution is 2.31. The molecule has 1 fully saturated rings. The number of para-hydroxylation sites is 1. The van der Waals surface area contributed by atoms with Crippen LogP contribution in [-0.4, -0.2) is 37.1 Å². The van der Waals surface area contributed by atoms with Crippen LogP contribution in [0.2, 0.25) is 0 Å². The Morgan fingerprint density at radius 2 is 1.85 bits per heavy atom. The summed E-state index contributed by atoms with van der Waals surface area (Å²) < 4.78 is 43.2. The van der Waals surface area contributed by atoms with E-state index >= 15 is 0 Å². The summed E-state index contributed by atoms with van der Waals surface area (Å²) in [5, 5.41) is 3.75. The summed E-state index contributed by atoms with van der Waals surface area (Å²) in [4.78, 5) is 0. The Morgan fingerprint density at radius 3 is 2.50 bits per heavy atom. The Morgan fingerprint density at radius 1 is 1.12 bits per heavy atom. The van der Waals surface area contributed by atoms with Gasteiger partial charge in [0.05, 0.1) is 18.8 Å². The topological polar surface area (TPSA) is 85.8 Å². The first-order chi connectivity index (χ1) is 12.4. The molecule has 7 nitrogen and oxygen atoms in total. The normalized spacial score (nSPS) is 15.8. The minimum Gasteiger partial charge on any atom is -0.488 e. The highest BCUT2D eigenvalue weighted by Gasteiger charge is 2.40. The summed E-state index contributed by atoms with van der Waals surface area (Å²) in [6.07, 6.45) is -0.166. The van der Waals surface area contributed by atoms with Crippen LogP contribution in [0.5, 0.6) is 5.75 Å². The van der Waals surface area contributed by atoms with Crippen molar-refractivity contribution >= 4 is 10.0 Å². The van der Waals surface area contributed by atoms with Gasteiger partial charge < -0.3 is 13.7 Å². The maximum absolute atomic E-state index is 12.7. The predicted octanol–water partition coefficient (Wildman–Crippen LogP) is 3.00. The Hall–Kier alpha value is -2.58. The summed E-state index contributed by atoms with van der Waals surface area (Å²) in [7, 11) is -3.70. The van der Waals surface area contributed by atoms with Gasteiger partial charge in [-0.1, -0.05) is 23.4 Å². The Bertz CT molecular complexity index is 1020. The van der Waals surface area contributed by atoms with Gasteiger partial charge in [-0.25, -0.2) is 8.42 Å². The number of nitrogens with zero attached hydrogens (tertiary/aromatic N) is 2. The van der Waals surface area contributed by atoms with Crippen LogP contribution in [0, 0.1) is 13.8 Å². The summed E-state index contributed by atoms with van der Waals surface area (Å²) in [5.41, 5.74) is 1.56. The number of sulfonamides is 1. The van der Waals surface area contributed by atoms with Crippen molar-refractivity contribution in [3.05, 3.63) is 53.7 Å². The molecule has 0 amide bonds. The van der Waals surface area contributed by atoms with Gasteiger partial charge in [0, 0.05) is 5.56 Å². The first-order valence-electron chi connectivity index (χ1n) is 8.20. The molecule has 0 radical (unpaired) electrons. The fourth-order valence-corrected chi connectivity index (χ4v) is 4.13. The molecule has 0 saturated carbocycles. The van der Waals surface area contributed by atoms with Crippen LogP contribution in [0.3, 0.4) is 0 Å². The molecule has 0 bridgehead atoms. The van der Waals surface area contributed by atoms with Gasteiger partial charge in [-0.3, -0.25) is 0 Å². The molecule has 3 aromatic rings. The van der Waals surface area contributed by atoms with E-state index in [4.69, 9.17) is 13.7 Å². The molecular formula is C18H18N2O5S. The summed E-state index contributed by atoms with van der Waals surface area (Å²) in [5.74, 6) is 1.52. The fraction of sp³-hybridized carbons (Fsp3) is 0.278. The molecule has 1 aliphatic rings. The van der Waals surface area contributed by atoms with Gasteiger partial charge in [-0.2, -0.15) is 4.31 Å². The van der Waals surface area contributed by atoms with Gasteiger partial charge in [0.1, 0.15) is 11.9 Å². The van der Waals surface area contributed by atoms with E-state index in [-0.39, 0.29) is 24.3 Å². The lowest BCUT2D eigenvalue weighted by molar-refractivity contribution is 0.0751. The minimum absolute atomic E-state index is 0.112. The Balaban J connectivity index is 1.46. The van der Waals surface area contributed by atoms with E-state index in [1.807, 2.05) is 44.2 Å². The number of aryl methyl sites for hydroxylation is 1. The molecular weight excluding hydrogens is 356 g/mol. The molecule has 136 valence electrons. The number of benzene rings is 1. The third-order valence-corrected chi connectivity index (χ3v) is 6.12. The van der Waals surface area contributed by atoms with E-state index in [0.29, 0.717) is 11.5 Å². The predicted molar refractivity (Wildman–Crippen MR) is 93.3 cm³/mol. The molecule has 0 atom stereocenters. The molecule has 1 aliphatic heterocycles. The number of furan rings is 1. The molecule has 1 aromatic carbocycles. The quantitative estimate of drug-likeness (QED) is 0.682. The molecule has 0 unspecified atom stereocenters. The van der Waals surface area contributed by atoms with Gasteiger partial charge in [0.15, 0.2) is 5.76 Å². The second kappa shape index (κ2) is 6.30. The van der Waals surface area contributed by atoms with E-state index in [9.17, 15) is 8.42 Å². The Labute approximate surface area is 151 Å². The lowest BCUT2D eigenvalue weighted by atomic mass is 10.2. The average molecular weight is 374 g/mol. The first kappa shape index (κ1) is 16.9. The van der Waals surface area contributed by atoms with E-state index in [2.05, 4.69) is 5.16 Å².